The average Bonchev–Trinajstić information content (AvgIpc) is 2.21. The summed E-state index contributed by atoms with van der Waals surface area (Å²) in [5, 5.41) is 0. The molecular formula is C12H13I. The van der Waals surface area contributed by atoms with Crippen molar-refractivity contribution in [3.63, 3.8) is 0 Å². The van der Waals surface area contributed by atoms with Crippen LogP contribution in [0.15, 0.2) is 30.3 Å². The van der Waals surface area contributed by atoms with Crippen molar-refractivity contribution in [1.29, 1.82) is 0 Å². The summed E-state index contributed by atoms with van der Waals surface area (Å²) in [6.07, 6.45) is 7.79. The molecule has 13 heavy (non-hydrogen) atoms. The van der Waals surface area contributed by atoms with Crippen LogP contribution in [0.25, 0.3) is 0 Å². The summed E-state index contributed by atoms with van der Waals surface area (Å²) < 4.78 is 1.18. The fourth-order valence-electron chi connectivity index (χ4n) is 1.31. The van der Waals surface area contributed by atoms with Crippen molar-refractivity contribution in [3.05, 3.63) is 35.9 Å². The Bertz CT molecular complexity index is 271. The van der Waals surface area contributed by atoms with Crippen molar-refractivity contribution >= 4 is 22.6 Å². The second-order valence-electron chi connectivity index (χ2n) is 2.96. The summed E-state index contributed by atoms with van der Waals surface area (Å²) in [6.45, 7) is 0. The first-order chi connectivity index (χ1) is 6.38. The fraction of sp³-hybridized carbons (Fsp3) is 0.333. The Labute approximate surface area is 93.9 Å². The van der Waals surface area contributed by atoms with Crippen LogP contribution in [0.3, 0.4) is 0 Å². The van der Waals surface area contributed by atoms with Crippen molar-refractivity contribution in [3.8, 4) is 12.3 Å². The predicted octanol–water partition coefficient (Wildman–Crippen LogP) is 3.62. The normalized spacial score (nSPS) is 12.0. The van der Waals surface area contributed by atoms with E-state index in [0.29, 0.717) is 5.92 Å². The van der Waals surface area contributed by atoms with E-state index in [4.69, 9.17) is 6.42 Å². The van der Waals surface area contributed by atoms with Gasteiger partial charge in [0.25, 0.3) is 0 Å². The lowest BCUT2D eigenvalue weighted by atomic mass is 9.96. The Kier molecular flexibility index (Phi) is 4.92. The standard InChI is InChI=1S/C12H13I/c1-2-11(9-6-10-13)12-7-4-3-5-8-12/h1,3-5,7-8,11H,6,9-10H2. The highest BCUT2D eigenvalue weighted by molar-refractivity contribution is 14.1. The summed E-state index contributed by atoms with van der Waals surface area (Å²) in [5.74, 6) is 3.15. The van der Waals surface area contributed by atoms with Gasteiger partial charge in [-0.25, -0.2) is 0 Å². The van der Waals surface area contributed by atoms with Gasteiger partial charge in [-0.15, -0.1) is 6.42 Å². The molecule has 0 N–H and O–H groups in total. The number of halogens is 1. The minimum Gasteiger partial charge on any atom is -0.119 e. The summed E-state index contributed by atoms with van der Waals surface area (Å²) in [5.41, 5.74) is 1.27. The van der Waals surface area contributed by atoms with E-state index in [1.165, 1.54) is 16.4 Å². The molecule has 0 heterocycles. The molecule has 1 unspecified atom stereocenters. The van der Waals surface area contributed by atoms with Gasteiger partial charge in [0.2, 0.25) is 0 Å². The molecule has 1 heteroatoms. The summed E-state index contributed by atoms with van der Waals surface area (Å²) in [6, 6.07) is 10.3. The number of hydrogen-bond donors (Lipinski definition) is 0. The molecule has 1 rings (SSSR count). The summed E-state index contributed by atoms with van der Waals surface area (Å²) in [7, 11) is 0. The molecule has 0 amide bonds. The minimum atomic E-state index is 0.302. The molecule has 0 aromatic heterocycles. The second kappa shape index (κ2) is 6.04. The van der Waals surface area contributed by atoms with Gasteiger partial charge in [0.05, 0.1) is 0 Å². The van der Waals surface area contributed by atoms with Gasteiger partial charge in [0.15, 0.2) is 0 Å². The van der Waals surface area contributed by atoms with Crippen LogP contribution in [-0.4, -0.2) is 4.43 Å². The van der Waals surface area contributed by atoms with Crippen LogP contribution in [-0.2, 0) is 0 Å². The Morgan fingerprint density at radius 3 is 2.54 bits per heavy atom. The van der Waals surface area contributed by atoms with E-state index in [1.807, 2.05) is 18.2 Å². The largest absolute Gasteiger partial charge is 0.119 e. The van der Waals surface area contributed by atoms with Crippen LogP contribution in [0.2, 0.25) is 0 Å². The molecule has 0 saturated carbocycles. The van der Waals surface area contributed by atoms with Crippen LogP contribution in [0, 0.1) is 12.3 Å². The van der Waals surface area contributed by atoms with Gasteiger partial charge >= 0.3 is 0 Å². The van der Waals surface area contributed by atoms with Gasteiger partial charge in [-0.2, -0.15) is 0 Å². The van der Waals surface area contributed by atoms with Crippen LogP contribution in [0.1, 0.15) is 24.3 Å². The third kappa shape index (κ3) is 3.40. The highest BCUT2D eigenvalue weighted by Crippen LogP contribution is 2.20. The second-order valence-corrected chi connectivity index (χ2v) is 4.04. The lowest BCUT2D eigenvalue weighted by Gasteiger charge is -2.09. The van der Waals surface area contributed by atoms with E-state index in [-0.39, 0.29) is 0 Å². The van der Waals surface area contributed by atoms with Crippen molar-refractivity contribution in [2.24, 2.45) is 0 Å². The Morgan fingerprint density at radius 2 is 2.00 bits per heavy atom. The van der Waals surface area contributed by atoms with E-state index in [1.54, 1.807) is 0 Å². The van der Waals surface area contributed by atoms with Gasteiger partial charge in [-0.3, -0.25) is 0 Å². The van der Waals surface area contributed by atoms with Crippen molar-refractivity contribution in [2.75, 3.05) is 4.43 Å². The number of terminal acetylenes is 1. The highest BCUT2D eigenvalue weighted by Gasteiger charge is 2.05. The molecule has 1 aromatic carbocycles. The molecule has 0 aliphatic heterocycles. The monoisotopic (exact) mass is 284 g/mol. The summed E-state index contributed by atoms with van der Waals surface area (Å²) in [4.78, 5) is 0. The molecule has 0 radical (unpaired) electrons. The molecule has 1 atom stereocenters. The first-order valence-corrected chi connectivity index (χ1v) is 5.98. The number of hydrogen-bond acceptors (Lipinski definition) is 0. The number of rotatable bonds is 4. The van der Waals surface area contributed by atoms with Gasteiger partial charge in [0.1, 0.15) is 0 Å². The topological polar surface area (TPSA) is 0 Å². The molecule has 0 saturated heterocycles. The van der Waals surface area contributed by atoms with E-state index >= 15 is 0 Å². The van der Waals surface area contributed by atoms with Crippen LogP contribution in [0.5, 0.6) is 0 Å². The van der Waals surface area contributed by atoms with Gasteiger partial charge in [0, 0.05) is 5.92 Å². The third-order valence-corrected chi connectivity index (χ3v) is 2.79. The maximum Gasteiger partial charge on any atom is 0.0449 e. The van der Waals surface area contributed by atoms with Crippen LogP contribution in [0.4, 0.5) is 0 Å². The van der Waals surface area contributed by atoms with Gasteiger partial charge < -0.3 is 0 Å². The molecule has 0 spiro atoms. The average molecular weight is 284 g/mol. The van der Waals surface area contributed by atoms with Crippen molar-refractivity contribution in [1.82, 2.24) is 0 Å². The molecule has 0 bridgehead atoms. The quantitative estimate of drug-likeness (QED) is 0.450. The first kappa shape index (κ1) is 10.6. The first-order valence-electron chi connectivity index (χ1n) is 4.45. The lowest BCUT2D eigenvalue weighted by molar-refractivity contribution is 0.746. The van der Waals surface area contributed by atoms with E-state index in [0.717, 1.165) is 6.42 Å². The lowest BCUT2D eigenvalue weighted by Crippen LogP contribution is -1.95. The zero-order valence-corrected chi connectivity index (χ0v) is 9.70. The highest BCUT2D eigenvalue weighted by atomic mass is 127. The fourth-order valence-corrected chi connectivity index (χ4v) is 1.75. The van der Waals surface area contributed by atoms with Crippen molar-refractivity contribution < 1.29 is 0 Å². The predicted molar refractivity (Wildman–Crippen MR) is 66.1 cm³/mol. The molecule has 1 aromatic rings. The zero-order chi connectivity index (χ0) is 9.52. The Morgan fingerprint density at radius 1 is 1.31 bits per heavy atom. The van der Waals surface area contributed by atoms with Crippen molar-refractivity contribution in [2.45, 2.75) is 18.8 Å². The maximum atomic E-state index is 5.49. The molecule has 0 nitrogen and oxygen atoms in total. The van der Waals surface area contributed by atoms with E-state index < -0.39 is 0 Å². The van der Waals surface area contributed by atoms with Gasteiger partial charge in [-0.05, 0) is 22.8 Å². The third-order valence-electron chi connectivity index (χ3n) is 2.03. The SMILES string of the molecule is C#CC(CCCI)c1ccccc1. The minimum absolute atomic E-state index is 0.302. The van der Waals surface area contributed by atoms with E-state index in [9.17, 15) is 0 Å². The smallest absolute Gasteiger partial charge is 0.0449 e. The summed E-state index contributed by atoms with van der Waals surface area (Å²) >= 11 is 2.39. The number of alkyl halides is 1. The van der Waals surface area contributed by atoms with Crippen LogP contribution < -0.4 is 0 Å². The van der Waals surface area contributed by atoms with E-state index in [2.05, 4.69) is 40.6 Å². The number of benzene rings is 1. The molecule has 68 valence electrons. The molecule has 0 aliphatic carbocycles. The maximum absolute atomic E-state index is 5.49. The zero-order valence-electron chi connectivity index (χ0n) is 7.54. The molecule has 0 aliphatic rings. The molecule has 0 fully saturated rings. The Hall–Kier alpha value is -0.490. The van der Waals surface area contributed by atoms with Gasteiger partial charge in [-0.1, -0.05) is 58.8 Å². The van der Waals surface area contributed by atoms with Crippen LogP contribution >= 0.6 is 22.6 Å². The Balaban J connectivity index is 2.63. The molecular weight excluding hydrogens is 271 g/mol.